The SMILES string of the molecule is O=C(O)CC1CCCCN1CC1CCCCCC1. The zero-order valence-corrected chi connectivity index (χ0v) is 11.4. The van der Waals surface area contributed by atoms with Crippen LogP contribution in [-0.2, 0) is 4.79 Å². The third-order valence-electron chi connectivity index (χ3n) is 4.63. The van der Waals surface area contributed by atoms with Crippen LogP contribution in [0.5, 0.6) is 0 Å². The van der Waals surface area contributed by atoms with Crippen LogP contribution in [-0.4, -0.2) is 35.1 Å². The lowest BCUT2D eigenvalue weighted by atomic mass is 9.94. The van der Waals surface area contributed by atoms with Gasteiger partial charge < -0.3 is 5.11 Å². The van der Waals surface area contributed by atoms with E-state index in [9.17, 15) is 4.79 Å². The first kappa shape index (κ1) is 13.9. The molecule has 0 bridgehead atoms. The summed E-state index contributed by atoms with van der Waals surface area (Å²) in [6.07, 6.45) is 12.1. The molecule has 2 aliphatic rings. The van der Waals surface area contributed by atoms with Crippen LogP contribution in [0.4, 0.5) is 0 Å². The number of nitrogens with zero attached hydrogens (tertiary/aromatic N) is 1. The molecule has 1 heterocycles. The van der Waals surface area contributed by atoms with Gasteiger partial charge in [-0.1, -0.05) is 32.1 Å². The Hall–Kier alpha value is -0.570. The molecule has 0 aromatic carbocycles. The van der Waals surface area contributed by atoms with Crippen molar-refractivity contribution in [2.24, 2.45) is 5.92 Å². The predicted octanol–water partition coefficient (Wildman–Crippen LogP) is 3.29. The van der Waals surface area contributed by atoms with Crippen molar-refractivity contribution in [3.8, 4) is 0 Å². The van der Waals surface area contributed by atoms with Gasteiger partial charge in [-0.2, -0.15) is 0 Å². The normalized spacial score (nSPS) is 27.9. The van der Waals surface area contributed by atoms with E-state index in [0.717, 1.165) is 25.4 Å². The third-order valence-corrected chi connectivity index (χ3v) is 4.63. The summed E-state index contributed by atoms with van der Waals surface area (Å²) in [7, 11) is 0. The standard InChI is InChI=1S/C15H27NO2/c17-15(18)11-14-9-5-6-10-16(14)12-13-7-3-1-2-4-8-13/h13-14H,1-12H2,(H,17,18). The predicted molar refractivity (Wildman–Crippen MR) is 72.7 cm³/mol. The highest BCUT2D eigenvalue weighted by Gasteiger charge is 2.26. The highest BCUT2D eigenvalue weighted by Crippen LogP contribution is 2.27. The summed E-state index contributed by atoms with van der Waals surface area (Å²) in [5.74, 6) is 0.190. The number of carboxylic acids is 1. The molecule has 1 aliphatic carbocycles. The summed E-state index contributed by atoms with van der Waals surface area (Å²) in [5, 5.41) is 9.01. The number of rotatable bonds is 4. The molecule has 1 aliphatic heterocycles. The minimum atomic E-state index is -0.632. The number of hydrogen-bond donors (Lipinski definition) is 1. The van der Waals surface area contributed by atoms with Crippen molar-refractivity contribution in [1.29, 1.82) is 0 Å². The van der Waals surface area contributed by atoms with Crippen molar-refractivity contribution >= 4 is 5.97 Å². The van der Waals surface area contributed by atoms with Gasteiger partial charge in [0.05, 0.1) is 6.42 Å². The second-order valence-corrected chi connectivity index (χ2v) is 6.10. The highest BCUT2D eigenvalue weighted by molar-refractivity contribution is 5.67. The molecule has 2 rings (SSSR count). The van der Waals surface area contributed by atoms with E-state index in [2.05, 4.69) is 4.90 Å². The van der Waals surface area contributed by atoms with Crippen molar-refractivity contribution < 1.29 is 9.90 Å². The van der Waals surface area contributed by atoms with E-state index >= 15 is 0 Å². The minimum absolute atomic E-state index is 0.305. The second-order valence-electron chi connectivity index (χ2n) is 6.10. The molecule has 1 unspecified atom stereocenters. The summed E-state index contributed by atoms with van der Waals surface area (Å²) in [4.78, 5) is 13.4. The van der Waals surface area contributed by atoms with Gasteiger partial charge in [0, 0.05) is 12.6 Å². The smallest absolute Gasteiger partial charge is 0.304 e. The van der Waals surface area contributed by atoms with Crippen molar-refractivity contribution in [3.63, 3.8) is 0 Å². The number of likely N-dealkylation sites (tertiary alicyclic amines) is 1. The van der Waals surface area contributed by atoms with Crippen LogP contribution in [0.1, 0.15) is 64.2 Å². The summed E-state index contributed by atoms with van der Waals surface area (Å²) in [6, 6.07) is 0.305. The molecule has 3 heteroatoms. The molecule has 0 aromatic rings. The van der Waals surface area contributed by atoms with Gasteiger partial charge in [-0.25, -0.2) is 0 Å². The molecule has 0 amide bonds. The summed E-state index contributed by atoms with van der Waals surface area (Å²) in [6.45, 7) is 2.27. The van der Waals surface area contributed by atoms with E-state index in [1.165, 1.54) is 51.4 Å². The fourth-order valence-corrected chi connectivity index (χ4v) is 3.61. The number of aliphatic carboxylic acids is 1. The maximum Gasteiger partial charge on any atom is 0.304 e. The van der Waals surface area contributed by atoms with E-state index < -0.39 is 5.97 Å². The average molecular weight is 253 g/mol. The first-order chi connectivity index (χ1) is 8.75. The van der Waals surface area contributed by atoms with Crippen molar-refractivity contribution in [1.82, 2.24) is 4.90 Å². The third kappa shape index (κ3) is 4.27. The van der Waals surface area contributed by atoms with E-state index in [0.29, 0.717) is 12.5 Å². The Morgan fingerprint density at radius 2 is 1.67 bits per heavy atom. The fourth-order valence-electron chi connectivity index (χ4n) is 3.61. The Kier molecular flexibility index (Phi) is 5.48. The van der Waals surface area contributed by atoms with Crippen LogP contribution in [0.2, 0.25) is 0 Å². The van der Waals surface area contributed by atoms with E-state index in [1.54, 1.807) is 0 Å². The Bertz CT molecular complexity index is 259. The van der Waals surface area contributed by atoms with E-state index in [1.807, 2.05) is 0 Å². The van der Waals surface area contributed by atoms with Crippen molar-refractivity contribution in [3.05, 3.63) is 0 Å². The monoisotopic (exact) mass is 253 g/mol. The summed E-state index contributed by atoms with van der Waals surface area (Å²) < 4.78 is 0. The largest absolute Gasteiger partial charge is 0.481 e. The van der Waals surface area contributed by atoms with Crippen molar-refractivity contribution in [2.75, 3.05) is 13.1 Å². The Morgan fingerprint density at radius 1 is 1.00 bits per heavy atom. The van der Waals surface area contributed by atoms with Gasteiger partial charge in [0.1, 0.15) is 0 Å². The Morgan fingerprint density at radius 3 is 2.33 bits per heavy atom. The Balaban J connectivity index is 1.85. The fraction of sp³-hybridized carbons (Fsp3) is 0.933. The van der Waals surface area contributed by atoms with Crippen molar-refractivity contribution in [2.45, 2.75) is 70.3 Å². The molecule has 3 nitrogen and oxygen atoms in total. The van der Waals surface area contributed by atoms with Gasteiger partial charge in [-0.05, 0) is 38.1 Å². The lowest BCUT2D eigenvalue weighted by molar-refractivity contribution is -0.138. The number of piperidine rings is 1. The number of carbonyl (C=O) groups is 1. The molecule has 2 fully saturated rings. The molecule has 1 N–H and O–H groups in total. The molecular weight excluding hydrogens is 226 g/mol. The molecule has 1 atom stereocenters. The lowest BCUT2D eigenvalue weighted by Gasteiger charge is -2.37. The molecular formula is C15H27NO2. The van der Waals surface area contributed by atoms with Crippen LogP contribution >= 0.6 is 0 Å². The second kappa shape index (κ2) is 7.13. The van der Waals surface area contributed by atoms with Gasteiger partial charge in [-0.3, -0.25) is 9.69 Å². The first-order valence-electron chi connectivity index (χ1n) is 7.71. The van der Waals surface area contributed by atoms with Crippen LogP contribution in [0.15, 0.2) is 0 Å². The van der Waals surface area contributed by atoms with Crippen LogP contribution in [0, 0.1) is 5.92 Å². The number of hydrogen-bond acceptors (Lipinski definition) is 2. The molecule has 1 saturated heterocycles. The van der Waals surface area contributed by atoms with Gasteiger partial charge in [0.15, 0.2) is 0 Å². The van der Waals surface area contributed by atoms with E-state index in [-0.39, 0.29) is 0 Å². The molecule has 0 aromatic heterocycles. The van der Waals surface area contributed by atoms with Crippen LogP contribution in [0.25, 0.3) is 0 Å². The molecule has 1 saturated carbocycles. The van der Waals surface area contributed by atoms with Crippen LogP contribution < -0.4 is 0 Å². The van der Waals surface area contributed by atoms with Gasteiger partial charge in [0.25, 0.3) is 0 Å². The molecule has 104 valence electrons. The number of carboxylic acid groups (broad SMARTS) is 1. The molecule has 0 radical (unpaired) electrons. The average Bonchev–Trinajstić information content (AvgIpc) is 2.60. The quantitative estimate of drug-likeness (QED) is 0.782. The minimum Gasteiger partial charge on any atom is -0.481 e. The van der Waals surface area contributed by atoms with E-state index in [4.69, 9.17) is 5.11 Å². The molecule has 0 spiro atoms. The van der Waals surface area contributed by atoms with Crippen LogP contribution in [0.3, 0.4) is 0 Å². The topological polar surface area (TPSA) is 40.5 Å². The maximum absolute atomic E-state index is 10.9. The zero-order valence-electron chi connectivity index (χ0n) is 11.4. The molecule has 18 heavy (non-hydrogen) atoms. The first-order valence-corrected chi connectivity index (χ1v) is 7.71. The van der Waals surface area contributed by atoms with Gasteiger partial charge >= 0.3 is 5.97 Å². The van der Waals surface area contributed by atoms with Gasteiger partial charge in [-0.15, -0.1) is 0 Å². The van der Waals surface area contributed by atoms with Gasteiger partial charge in [0.2, 0.25) is 0 Å². The Labute approximate surface area is 111 Å². The lowest BCUT2D eigenvalue weighted by Crippen LogP contribution is -2.43. The summed E-state index contributed by atoms with van der Waals surface area (Å²) in [5.41, 5.74) is 0. The zero-order chi connectivity index (χ0) is 12.8. The highest BCUT2D eigenvalue weighted by atomic mass is 16.4. The maximum atomic E-state index is 10.9. The summed E-state index contributed by atoms with van der Waals surface area (Å²) >= 11 is 0.